The van der Waals surface area contributed by atoms with Gasteiger partial charge in [0.05, 0.1) is 21.6 Å². The first-order valence-electron chi connectivity index (χ1n) is 6.51. The first-order valence-corrected chi connectivity index (χ1v) is 7.33. The van der Waals surface area contributed by atoms with Crippen LogP contribution in [-0.4, -0.2) is 18.2 Å². The molecule has 2 aromatic rings. The molecule has 2 rings (SSSR count). The summed E-state index contributed by atoms with van der Waals surface area (Å²) >= 11 is 0.888. The summed E-state index contributed by atoms with van der Waals surface area (Å²) in [6, 6.07) is 8.92. The van der Waals surface area contributed by atoms with E-state index in [4.69, 9.17) is 0 Å². The molecule has 24 heavy (non-hydrogen) atoms. The van der Waals surface area contributed by atoms with Gasteiger partial charge in [0.2, 0.25) is 0 Å². The third-order valence-corrected chi connectivity index (χ3v) is 3.93. The Hall–Kier alpha value is -2.55. The van der Waals surface area contributed by atoms with Crippen molar-refractivity contribution < 1.29 is 22.9 Å². The lowest BCUT2D eigenvalue weighted by atomic mass is 10.2. The van der Waals surface area contributed by atoms with Crippen molar-refractivity contribution in [1.82, 2.24) is 0 Å². The molecule has 0 aliphatic rings. The highest BCUT2D eigenvalue weighted by atomic mass is 32.2. The third kappa shape index (κ3) is 4.48. The molecule has 5 nitrogen and oxygen atoms in total. The maximum absolute atomic E-state index is 12.7. The predicted octanol–water partition coefficient (Wildman–Crippen LogP) is 4.75. The van der Waals surface area contributed by atoms with Crippen LogP contribution < -0.4 is 0 Å². The van der Waals surface area contributed by atoms with Gasteiger partial charge in [0, 0.05) is 16.5 Å². The molecule has 126 valence electrons. The maximum atomic E-state index is 12.7. The SMILES string of the molecule is CO/N=C/c1ccc(Sc2cccc(C(F)(F)F)c2)c([N+](=O)[O-])c1. The van der Waals surface area contributed by atoms with Gasteiger partial charge in [-0.15, -0.1) is 0 Å². The van der Waals surface area contributed by atoms with E-state index in [1.807, 2.05) is 0 Å². The van der Waals surface area contributed by atoms with Crippen molar-refractivity contribution in [3.8, 4) is 0 Å². The number of hydrogen-bond acceptors (Lipinski definition) is 5. The van der Waals surface area contributed by atoms with Gasteiger partial charge in [-0.25, -0.2) is 0 Å². The topological polar surface area (TPSA) is 64.7 Å². The molecule has 0 radical (unpaired) electrons. The smallest absolute Gasteiger partial charge is 0.399 e. The Bertz CT molecular complexity index is 779. The number of nitro groups is 1. The highest BCUT2D eigenvalue weighted by Crippen LogP contribution is 2.38. The molecule has 2 aromatic carbocycles. The number of alkyl halides is 3. The summed E-state index contributed by atoms with van der Waals surface area (Å²) in [4.78, 5) is 15.6. The lowest BCUT2D eigenvalue weighted by molar-refractivity contribution is -0.387. The van der Waals surface area contributed by atoms with Gasteiger partial charge >= 0.3 is 6.18 Å². The quantitative estimate of drug-likeness (QED) is 0.441. The molecule has 0 saturated heterocycles. The Balaban J connectivity index is 2.36. The first-order chi connectivity index (χ1) is 11.3. The van der Waals surface area contributed by atoms with Crippen LogP contribution in [0, 0.1) is 10.1 Å². The summed E-state index contributed by atoms with van der Waals surface area (Å²) in [5.41, 5.74) is -0.589. The minimum absolute atomic E-state index is 0.225. The summed E-state index contributed by atoms with van der Waals surface area (Å²) in [6.45, 7) is 0. The van der Waals surface area contributed by atoms with E-state index in [9.17, 15) is 23.3 Å². The second-order valence-electron chi connectivity index (χ2n) is 4.53. The molecule has 0 aliphatic heterocycles. The molecule has 0 saturated carbocycles. The van der Waals surface area contributed by atoms with E-state index in [1.54, 1.807) is 6.07 Å². The Kier molecular flexibility index (Phi) is 5.45. The van der Waals surface area contributed by atoms with Gasteiger partial charge in [0.15, 0.2) is 0 Å². The van der Waals surface area contributed by atoms with Gasteiger partial charge in [0.25, 0.3) is 5.69 Å². The van der Waals surface area contributed by atoms with Gasteiger partial charge in [-0.2, -0.15) is 13.2 Å². The van der Waals surface area contributed by atoms with Crippen molar-refractivity contribution in [2.75, 3.05) is 7.11 Å². The zero-order valence-corrected chi connectivity index (χ0v) is 13.1. The number of nitro benzene ring substituents is 1. The van der Waals surface area contributed by atoms with Gasteiger partial charge < -0.3 is 4.84 Å². The summed E-state index contributed by atoms with van der Waals surface area (Å²) in [5.74, 6) is 0. The number of benzene rings is 2. The Labute approximate surface area is 139 Å². The van der Waals surface area contributed by atoms with Crippen LogP contribution in [0.25, 0.3) is 0 Å². The monoisotopic (exact) mass is 356 g/mol. The number of hydrogen-bond donors (Lipinski definition) is 0. The summed E-state index contributed by atoms with van der Waals surface area (Å²) in [5, 5.41) is 14.7. The van der Waals surface area contributed by atoms with Crippen molar-refractivity contribution >= 4 is 23.7 Å². The number of nitrogens with zero attached hydrogens (tertiary/aromatic N) is 2. The van der Waals surface area contributed by atoms with Crippen molar-refractivity contribution in [3.63, 3.8) is 0 Å². The molecular formula is C15H11F3N2O3S. The van der Waals surface area contributed by atoms with Crippen LogP contribution in [-0.2, 0) is 11.0 Å². The third-order valence-electron chi connectivity index (χ3n) is 2.88. The van der Waals surface area contributed by atoms with Crippen molar-refractivity contribution in [1.29, 1.82) is 0 Å². The Morgan fingerprint density at radius 2 is 2.00 bits per heavy atom. The zero-order chi connectivity index (χ0) is 17.7. The molecule has 0 N–H and O–H groups in total. The van der Waals surface area contributed by atoms with E-state index in [2.05, 4.69) is 9.99 Å². The van der Waals surface area contributed by atoms with Crippen molar-refractivity contribution in [2.24, 2.45) is 5.16 Å². The number of halogens is 3. The molecule has 0 aliphatic carbocycles. The van der Waals surface area contributed by atoms with Crippen molar-refractivity contribution in [2.45, 2.75) is 16.0 Å². The lowest BCUT2D eigenvalue weighted by Gasteiger charge is -2.09. The van der Waals surface area contributed by atoms with Crippen LogP contribution in [0.3, 0.4) is 0 Å². The van der Waals surface area contributed by atoms with Gasteiger partial charge in [0.1, 0.15) is 7.11 Å². The molecule has 0 aromatic heterocycles. The molecule has 0 bridgehead atoms. The van der Waals surface area contributed by atoms with Crippen LogP contribution in [0.1, 0.15) is 11.1 Å². The zero-order valence-electron chi connectivity index (χ0n) is 12.3. The predicted molar refractivity (Wildman–Crippen MR) is 83.3 cm³/mol. The van der Waals surface area contributed by atoms with E-state index in [1.165, 1.54) is 37.6 Å². The van der Waals surface area contributed by atoms with E-state index in [0.717, 1.165) is 23.9 Å². The second kappa shape index (κ2) is 7.35. The average molecular weight is 356 g/mol. The molecule has 0 fully saturated rings. The first kappa shape index (κ1) is 17.8. The lowest BCUT2D eigenvalue weighted by Crippen LogP contribution is -2.04. The fraction of sp³-hybridized carbons (Fsp3) is 0.133. The minimum Gasteiger partial charge on any atom is -0.399 e. The summed E-state index contributed by atoms with van der Waals surface area (Å²) in [7, 11) is 1.34. The second-order valence-corrected chi connectivity index (χ2v) is 5.64. The largest absolute Gasteiger partial charge is 0.416 e. The molecule has 0 amide bonds. The van der Waals surface area contributed by atoms with Crippen LogP contribution in [0.15, 0.2) is 57.4 Å². The molecule has 9 heteroatoms. The van der Waals surface area contributed by atoms with E-state index in [0.29, 0.717) is 5.56 Å². The highest BCUT2D eigenvalue weighted by Gasteiger charge is 2.30. The summed E-state index contributed by atoms with van der Waals surface area (Å²) in [6.07, 6.45) is -3.17. The average Bonchev–Trinajstić information content (AvgIpc) is 2.53. The highest BCUT2D eigenvalue weighted by molar-refractivity contribution is 7.99. The fourth-order valence-electron chi connectivity index (χ4n) is 1.82. The Morgan fingerprint density at radius 1 is 1.25 bits per heavy atom. The normalized spacial score (nSPS) is 11.7. The van der Waals surface area contributed by atoms with Gasteiger partial charge in [-0.05, 0) is 24.3 Å². The van der Waals surface area contributed by atoms with E-state index in [-0.39, 0.29) is 15.5 Å². The molecule has 0 atom stereocenters. The van der Waals surface area contributed by atoms with Crippen LogP contribution in [0.5, 0.6) is 0 Å². The van der Waals surface area contributed by atoms with Crippen LogP contribution >= 0.6 is 11.8 Å². The van der Waals surface area contributed by atoms with E-state index < -0.39 is 16.7 Å². The van der Waals surface area contributed by atoms with Gasteiger partial charge in [-0.3, -0.25) is 10.1 Å². The van der Waals surface area contributed by atoms with Crippen LogP contribution in [0.2, 0.25) is 0 Å². The van der Waals surface area contributed by atoms with Crippen molar-refractivity contribution in [3.05, 3.63) is 63.7 Å². The maximum Gasteiger partial charge on any atom is 0.416 e. The number of rotatable bonds is 5. The molecule has 0 spiro atoms. The van der Waals surface area contributed by atoms with Gasteiger partial charge in [-0.1, -0.05) is 29.1 Å². The Morgan fingerprint density at radius 3 is 2.62 bits per heavy atom. The van der Waals surface area contributed by atoms with Crippen LogP contribution in [0.4, 0.5) is 18.9 Å². The van der Waals surface area contributed by atoms with E-state index >= 15 is 0 Å². The molecular weight excluding hydrogens is 345 g/mol. The molecule has 0 heterocycles. The standard InChI is InChI=1S/C15H11F3N2O3S/c1-23-19-9-10-5-6-14(13(7-10)20(21)22)24-12-4-2-3-11(8-12)15(16,17)18/h2-9H,1H3/b19-9+. The minimum atomic E-state index is -4.47. The molecule has 0 unspecified atom stereocenters. The number of oxime groups is 1. The fourth-order valence-corrected chi connectivity index (χ4v) is 2.78. The summed E-state index contributed by atoms with van der Waals surface area (Å²) < 4.78 is 38.2.